The normalized spacial score (nSPS) is 22.8. The van der Waals surface area contributed by atoms with Gasteiger partial charge in [0.15, 0.2) is 0 Å². The minimum absolute atomic E-state index is 0.0738. The first-order valence-electron chi connectivity index (χ1n) is 8.76. The Bertz CT molecular complexity index is 714. The summed E-state index contributed by atoms with van der Waals surface area (Å²) in [6.07, 6.45) is 4.76. The molecule has 0 aliphatic carbocycles. The number of hydrogen-bond acceptors (Lipinski definition) is 4. The highest BCUT2D eigenvalue weighted by Gasteiger charge is 2.30. The Morgan fingerprint density at radius 1 is 1.25 bits per heavy atom. The van der Waals surface area contributed by atoms with E-state index >= 15 is 0 Å². The van der Waals surface area contributed by atoms with Crippen LogP contribution in [0.4, 0.5) is 0 Å². The number of pyridine rings is 1. The molecule has 1 saturated heterocycles. The Hall–Kier alpha value is -1.91. The molecule has 1 aromatic carbocycles. The van der Waals surface area contributed by atoms with Gasteiger partial charge >= 0.3 is 0 Å². The predicted molar refractivity (Wildman–Crippen MR) is 95.1 cm³/mol. The molecule has 2 aliphatic heterocycles. The lowest BCUT2D eigenvalue weighted by Crippen LogP contribution is -2.45. The lowest BCUT2D eigenvalue weighted by Gasteiger charge is -2.36. The molecule has 1 unspecified atom stereocenters. The van der Waals surface area contributed by atoms with Crippen LogP contribution < -0.4 is 10.1 Å². The van der Waals surface area contributed by atoms with Crippen molar-refractivity contribution >= 4 is 0 Å². The van der Waals surface area contributed by atoms with Crippen molar-refractivity contribution in [2.75, 3.05) is 19.6 Å². The van der Waals surface area contributed by atoms with Gasteiger partial charge in [0.05, 0.1) is 0 Å². The van der Waals surface area contributed by atoms with Crippen molar-refractivity contribution in [3.63, 3.8) is 0 Å². The van der Waals surface area contributed by atoms with Crippen molar-refractivity contribution in [1.82, 2.24) is 15.2 Å². The van der Waals surface area contributed by atoms with Gasteiger partial charge in [0, 0.05) is 51.0 Å². The van der Waals surface area contributed by atoms with Crippen LogP contribution >= 0.6 is 0 Å². The van der Waals surface area contributed by atoms with E-state index in [1.807, 2.05) is 12.4 Å². The molecule has 0 bridgehead atoms. The summed E-state index contributed by atoms with van der Waals surface area (Å²) in [6.45, 7) is 8.38. The van der Waals surface area contributed by atoms with Crippen LogP contribution in [0.25, 0.3) is 0 Å². The van der Waals surface area contributed by atoms with Gasteiger partial charge in [-0.1, -0.05) is 12.1 Å². The lowest BCUT2D eigenvalue weighted by molar-refractivity contribution is 0.138. The van der Waals surface area contributed by atoms with Gasteiger partial charge in [-0.2, -0.15) is 0 Å². The van der Waals surface area contributed by atoms with E-state index < -0.39 is 0 Å². The summed E-state index contributed by atoms with van der Waals surface area (Å²) in [5, 5.41) is 3.52. The number of aromatic nitrogens is 1. The van der Waals surface area contributed by atoms with Gasteiger partial charge in [0.2, 0.25) is 0 Å². The fraction of sp³-hybridized carbons (Fsp3) is 0.450. The molecule has 24 heavy (non-hydrogen) atoms. The van der Waals surface area contributed by atoms with E-state index in [0.29, 0.717) is 6.04 Å². The lowest BCUT2D eigenvalue weighted by atomic mass is 9.99. The van der Waals surface area contributed by atoms with Crippen LogP contribution in [-0.2, 0) is 13.0 Å². The van der Waals surface area contributed by atoms with Crippen molar-refractivity contribution in [3.05, 3.63) is 59.4 Å². The maximum absolute atomic E-state index is 6.00. The van der Waals surface area contributed by atoms with Crippen LogP contribution in [0.5, 0.6) is 5.75 Å². The Morgan fingerprint density at radius 2 is 2.08 bits per heavy atom. The largest absolute Gasteiger partial charge is 0.487 e. The molecule has 3 heterocycles. The summed E-state index contributed by atoms with van der Waals surface area (Å²) < 4.78 is 6.00. The fourth-order valence-electron chi connectivity index (χ4n) is 3.85. The Labute approximate surface area is 143 Å². The standard InChI is InChI=1S/C20H25N3O/c1-20(2)12-17-11-15(3-4-19(17)24-20)14-23-10-9-22-13-18(23)16-5-7-21-8-6-16/h3-8,11,18,22H,9-10,12-14H2,1-2H3. The summed E-state index contributed by atoms with van der Waals surface area (Å²) in [6, 6.07) is 11.3. The Kier molecular flexibility index (Phi) is 4.02. The van der Waals surface area contributed by atoms with Crippen molar-refractivity contribution in [2.24, 2.45) is 0 Å². The number of benzene rings is 1. The molecule has 1 fully saturated rings. The minimum atomic E-state index is -0.0738. The number of piperazine rings is 1. The van der Waals surface area contributed by atoms with Crippen LogP contribution in [-0.4, -0.2) is 35.1 Å². The highest BCUT2D eigenvalue weighted by molar-refractivity contribution is 5.42. The van der Waals surface area contributed by atoms with Crippen LogP contribution in [0.2, 0.25) is 0 Å². The van der Waals surface area contributed by atoms with E-state index in [9.17, 15) is 0 Å². The summed E-state index contributed by atoms with van der Waals surface area (Å²) >= 11 is 0. The highest BCUT2D eigenvalue weighted by atomic mass is 16.5. The SMILES string of the molecule is CC1(C)Cc2cc(CN3CCNCC3c3ccncc3)ccc2O1. The number of rotatable bonds is 3. The molecule has 0 radical (unpaired) electrons. The minimum Gasteiger partial charge on any atom is -0.487 e. The first-order chi connectivity index (χ1) is 11.6. The predicted octanol–water partition coefficient (Wildman–Crippen LogP) is 2.94. The zero-order valence-corrected chi connectivity index (χ0v) is 14.5. The smallest absolute Gasteiger partial charge is 0.123 e. The van der Waals surface area contributed by atoms with E-state index in [4.69, 9.17) is 4.74 Å². The number of fused-ring (bicyclic) bond motifs is 1. The van der Waals surface area contributed by atoms with E-state index in [1.165, 1.54) is 16.7 Å². The van der Waals surface area contributed by atoms with Crippen molar-refractivity contribution < 1.29 is 4.74 Å². The summed E-state index contributed by atoms with van der Waals surface area (Å²) in [4.78, 5) is 6.71. The van der Waals surface area contributed by atoms with E-state index in [1.54, 1.807) is 0 Å². The Morgan fingerprint density at radius 3 is 2.92 bits per heavy atom. The van der Waals surface area contributed by atoms with Gasteiger partial charge in [-0.25, -0.2) is 0 Å². The van der Waals surface area contributed by atoms with Gasteiger partial charge in [-0.15, -0.1) is 0 Å². The van der Waals surface area contributed by atoms with Crippen LogP contribution in [0, 0.1) is 0 Å². The average Bonchev–Trinajstić information content (AvgIpc) is 2.89. The topological polar surface area (TPSA) is 37.4 Å². The number of hydrogen-bond donors (Lipinski definition) is 1. The molecule has 126 valence electrons. The second-order valence-corrected chi connectivity index (χ2v) is 7.45. The third-order valence-corrected chi connectivity index (χ3v) is 4.96. The maximum Gasteiger partial charge on any atom is 0.123 e. The van der Waals surface area contributed by atoms with Crippen LogP contribution in [0.1, 0.15) is 36.6 Å². The van der Waals surface area contributed by atoms with Crippen LogP contribution in [0.15, 0.2) is 42.7 Å². The highest BCUT2D eigenvalue weighted by Crippen LogP contribution is 2.35. The zero-order valence-electron chi connectivity index (χ0n) is 14.5. The summed E-state index contributed by atoms with van der Waals surface area (Å²) in [5.41, 5.74) is 3.97. The van der Waals surface area contributed by atoms with Gasteiger partial charge in [-0.3, -0.25) is 9.88 Å². The van der Waals surface area contributed by atoms with Gasteiger partial charge in [0.25, 0.3) is 0 Å². The monoisotopic (exact) mass is 323 g/mol. The average molecular weight is 323 g/mol. The molecular weight excluding hydrogens is 298 g/mol. The van der Waals surface area contributed by atoms with E-state index in [0.717, 1.165) is 38.3 Å². The van der Waals surface area contributed by atoms with E-state index in [-0.39, 0.29) is 5.60 Å². The zero-order chi connectivity index (χ0) is 16.6. The number of nitrogens with zero attached hydrogens (tertiary/aromatic N) is 2. The molecule has 2 aromatic rings. The van der Waals surface area contributed by atoms with Crippen LogP contribution in [0.3, 0.4) is 0 Å². The second kappa shape index (κ2) is 6.19. The second-order valence-electron chi connectivity index (χ2n) is 7.45. The Balaban J connectivity index is 1.54. The molecule has 1 atom stereocenters. The molecule has 4 nitrogen and oxygen atoms in total. The van der Waals surface area contributed by atoms with Gasteiger partial charge in [-0.05, 0) is 48.7 Å². The molecule has 2 aliphatic rings. The third-order valence-electron chi connectivity index (χ3n) is 4.96. The summed E-state index contributed by atoms with van der Waals surface area (Å²) in [5.74, 6) is 1.05. The molecule has 0 saturated carbocycles. The van der Waals surface area contributed by atoms with Gasteiger partial charge < -0.3 is 10.1 Å². The van der Waals surface area contributed by atoms with Gasteiger partial charge in [0.1, 0.15) is 11.4 Å². The van der Waals surface area contributed by atoms with Crippen molar-refractivity contribution in [2.45, 2.75) is 38.5 Å². The molecular formula is C20H25N3O. The quantitative estimate of drug-likeness (QED) is 0.942. The molecule has 0 spiro atoms. The van der Waals surface area contributed by atoms with E-state index in [2.05, 4.69) is 59.4 Å². The fourth-order valence-corrected chi connectivity index (χ4v) is 3.85. The number of ether oxygens (including phenoxy) is 1. The van der Waals surface area contributed by atoms with Crippen molar-refractivity contribution in [1.29, 1.82) is 0 Å². The first kappa shape index (κ1) is 15.6. The molecule has 0 amide bonds. The number of nitrogens with one attached hydrogen (secondary N) is 1. The van der Waals surface area contributed by atoms with Crippen molar-refractivity contribution in [3.8, 4) is 5.75 Å². The molecule has 1 aromatic heterocycles. The molecule has 1 N–H and O–H groups in total. The third kappa shape index (κ3) is 3.17. The molecule has 4 rings (SSSR count). The molecule has 4 heteroatoms. The summed E-state index contributed by atoms with van der Waals surface area (Å²) in [7, 11) is 0. The maximum atomic E-state index is 6.00. The first-order valence-corrected chi connectivity index (χ1v) is 8.76.